The van der Waals surface area contributed by atoms with Gasteiger partial charge in [-0.15, -0.1) is 0 Å². The average molecular weight is 290 g/mol. The second-order valence-electron chi connectivity index (χ2n) is 7.43. The molecule has 1 aromatic rings. The van der Waals surface area contributed by atoms with Gasteiger partial charge in [-0.2, -0.15) is 0 Å². The van der Waals surface area contributed by atoms with Crippen molar-refractivity contribution in [2.45, 2.75) is 52.6 Å². The molecule has 5 nitrogen and oxygen atoms in total. The van der Waals surface area contributed by atoms with Gasteiger partial charge in [0.1, 0.15) is 0 Å². The normalized spacial score (nSPS) is 24.0. The Morgan fingerprint density at radius 3 is 2.71 bits per heavy atom. The minimum absolute atomic E-state index is 0.105. The summed E-state index contributed by atoms with van der Waals surface area (Å²) < 4.78 is 0. The van der Waals surface area contributed by atoms with Crippen LogP contribution in [0, 0.1) is 11.3 Å². The fourth-order valence-corrected chi connectivity index (χ4v) is 3.53. The third kappa shape index (κ3) is 2.98. The van der Waals surface area contributed by atoms with Crippen LogP contribution in [-0.2, 0) is 17.8 Å². The molecule has 0 bridgehead atoms. The number of rotatable bonds is 1. The maximum atomic E-state index is 12.7. The van der Waals surface area contributed by atoms with Crippen LogP contribution in [0.3, 0.4) is 0 Å². The third-order valence-corrected chi connectivity index (χ3v) is 5.06. The average Bonchev–Trinajstić information content (AvgIpc) is 2.93. The van der Waals surface area contributed by atoms with E-state index in [1.807, 2.05) is 4.90 Å². The van der Waals surface area contributed by atoms with E-state index in [-0.39, 0.29) is 11.9 Å². The number of H-pyrrole nitrogens is 1. The smallest absolute Gasteiger partial charge is 0.240 e. The van der Waals surface area contributed by atoms with E-state index >= 15 is 0 Å². The zero-order valence-corrected chi connectivity index (χ0v) is 13.3. The van der Waals surface area contributed by atoms with E-state index in [0.717, 1.165) is 43.2 Å². The summed E-state index contributed by atoms with van der Waals surface area (Å²) in [5.74, 6) is 0.967. The summed E-state index contributed by atoms with van der Waals surface area (Å²) in [5.41, 5.74) is 2.50. The monoisotopic (exact) mass is 290 g/mol. The minimum atomic E-state index is -0.105. The Bertz CT molecular complexity index is 509. The first-order valence-electron chi connectivity index (χ1n) is 7.98. The van der Waals surface area contributed by atoms with E-state index in [2.05, 4.69) is 36.1 Å². The number of likely N-dealkylation sites (tertiary alicyclic amines) is 1. The van der Waals surface area contributed by atoms with Crippen molar-refractivity contribution in [1.82, 2.24) is 20.2 Å². The fourth-order valence-electron chi connectivity index (χ4n) is 3.53. The highest BCUT2D eigenvalue weighted by Crippen LogP contribution is 2.34. The highest BCUT2D eigenvalue weighted by Gasteiger charge is 2.34. The van der Waals surface area contributed by atoms with Gasteiger partial charge in [0, 0.05) is 26.1 Å². The first-order valence-corrected chi connectivity index (χ1v) is 7.98. The van der Waals surface area contributed by atoms with Gasteiger partial charge in [0.2, 0.25) is 5.91 Å². The van der Waals surface area contributed by atoms with E-state index in [9.17, 15) is 4.79 Å². The highest BCUT2D eigenvalue weighted by atomic mass is 16.2. The van der Waals surface area contributed by atoms with Gasteiger partial charge in [-0.1, -0.05) is 20.8 Å². The number of piperidine rings is 1. The first kappa shape index (κ1) is 14.6. The lowest BCUT2D eigenvalue weighted by molar-refractivity contribution is -0.135. The maximum Gasteiger partial charge on any atom is 0.240 e. The standard InChI is InChI=1S/C16H26N4O/c1-16(2,3)11-4-6-20(7-5-11)15(21)13-8-12-14(9-17-13)19-10-18-12/h10-11,13,17H,4-9H2,1-3H3,(H,18,19). The van der Waals surface area contributed by atoms with Crippen molar-refractivity contribution in [3.8, 4) is 0 Å². The van der Waals surface area contributed by atoms with Crippen molar-refractivity contribution in [1.29, 1.82) is 0 Å². The van der Waals surface area contributed by atoms with Gasteiger partial charge >= 0.3 is 0 Å². The number of nitrogens with one attached hydrogen (secondary N) is 2. The van der Waals surface area contributed by atoms with Crippen molar-refractivity contribution in [3.05, 3.63) is 17.7 Å². The Kier molecular flexibility index (Phi) is 3.78. The van der Waals surface area contributed by atoms with Crippen molar-refractivity contribution in [3.63, 3.8) is 0 Å². The molecule has 3 rings (SSSR count). The molecule has 0 aromatic carbocycles. The molecule has 1 fully saturated rings. The number of nitrogens with zero attached hydrogens (tertiary/aromatic N) is 2. The molecule has 2 aliphatic rings. The Balaban J connectivity index is 1.58. The van der Waals surface area contributed by atoms with Gasteiger partial charge in [0.05, 0.1) is 23.8 Å². The van der Waals surface area contributed by atoms with Gasteiger partial charge in [0.25, 0.3) is 0 Å². The van der Waals surface area contributed by atoms with Crippen LogP contribution in [0.4, 0.5) is 0 Å². The lowest BCUT2D eigenvalue weighted by Gasteiger charge is -2.40. The summed E-state index contributed by atoms with van der Waals surface area (Å²) in [7, 11) is 0. The molecule has 0 radical (unpaired) electrons. The molecule has 0 spiro atoms. The summed E-state index contributed by atoms with van der Waals surface area (Å²) in [6, 6.07) is -0.105. The van der Waals surface area contributed by atoms with Gasteiger partial charge in [-0.3, -0.25) is 10.1 Å². The molecular formula is C16H26N4O. The molecule has 3 heterocycles. The number of carbonyl (C=O) groups excluding carboxylic acids is 1. The molecule has 1 aromatic heterocycles. The van der Waals surface area contributed by atoms with Crippen molar-refractivity contribution >= 4 is 5.91 Å². The molecule has 1 atom stereocenters. The van der Waals surface area contributed by atoms with E-state index in [1.54, 1.807) is 6.33 Å². The molecule has 0 saturated carbocycles. The van der Waals surface area contributed by atoms with Crippen LogP contribution >= 0.6 is 0 Å². The van der Waals surface area contributed by atoms with Crippen LogP contribution in [0.1, 0.15) is 45.0 Å². The lowest BCUT2D eigenvalue weighted by atomic mass is 9.75. The summed E-state index contributed by atoms with van der Waals surface area (Å²) in [4.78, 5) is 22.1. The van der Waals surface area contributed by atoms with Gasteiger partial charge in [0.15, 0.2) is 0 Å². The molecule has 5 heteroatoms. The van der Waals surface area contributed by atoms with E-state index in [4.69, 9.17) is 0 Å². The molecule has 21 heavy (non-hydrogen) atoms. The number of fused-ring (bicyclic) bond motifs is 1. The lowest BCUT2D eigenvalue weighted by Crippen LogP contribution is -2.52. The molecule has 1 amide bonds. The van der Waals surface area contributed by atoms with Crippen molar-refractivity contribution < 1.29 is 4.79 Å². The number of aromatic nitrogens is 2. The van der Waals surface area contributed by atoms with Crippen molar-refractivity contribution in [2.75, 3.05) is 13.1 Å². The van der Waals surface area contributed by atoms with Crippen LogP contribution < -0.4 is 5.32 Å². The van der Waals surface area contributed by atoms with Crippen LogP contribution in [0.5, 0.6) is 0 Å². The van der Waals surface area contributed by atoms with E-state index in [1.165, 1.54) is 0 Å². The Labute approximate surface area is 126 Å². The minimum Gasteiger partial charge on any atom is -0.347 e. The summed E-state index contributed by atoms with van der Waals surface area (Å²) in [6.45, 7) is 9.41. The first-order chi connectivity index (χ1) is 9.95. The number of aromatic amines is 1. The van der Waals surface area contributed by atoms with Crippen LogP contribution in [-0.4, -0.2) is 39.9 Å². The number of carbonyl (C=O) groups is 1. The molecular weight excluding hydrogens is 264 g/mol. The predicted molar refractivity (Wildman–Crippen MR) is 81.7 cm³/mol. The Morgan fingerprint density at radius 1 is 1.33 bits per heavy atom. The van der Waals surface area contributed by atoms with Crippen LogP contribution in [0.15, 0.2) is 6.33 Å². The topological polar surface area (TPSA) is 61.0 Å². The number of hydrogen-bond donors (Lipinski definition) is 2. The molecule has 0 aliphatic carbocycles. The number of hydrogen-bond acceptors (Lipinski definition) is 3. The second-order valence-corrected chi connectivity index (χ2v) is 7.43. The summed E-state index contributed by atoms with van der Waals surface area (Å²) in [5, 5.41) is 3.34. The van der Waals surface area contributed by atoms with Gasteiger partial charge < -0.3 is 9.88 Å². The molecule has 1 unspecified atom stereocenters. The highest BCUT2D eigenvalue weighted by molar-refractivity contribution is 5.82. The zero-order chi connectivity index (χ0) is 15.0. The summed E-state index contributed by atoms with van der Waals surface area (Å²) >= 11 is 0. The largest absolute Gasteiger partial charge is 0.347 e. The summed E-state index contributed by atoms with van der Waals surface area (Å²) in [6.07, 6.45) is 4.66. The predicted octanol–water partition coefficient (Wildman–Crippen LogP) is 1.71. The van der Waals surface area contributed by atoms with E-state index < -0.39 is 0 Å². The second kappa shape index (κ2) is 5.44. The number of imidazole rings is 1. The molecule has 2 N–H and O–H groups in total. The van der Waals surface area contributed by atoms with Crippen LogP contribution in [0.25, 0.3) is 0 Å². The number of amides is 1. The third-order valence-electron chi connectivity index (χ3n) is 5.06. The van der Waals surface area contributed by atoms with Crippen LogP contribution in [0.2, 0.25) is 0 Å². The molecule has 2 aliphatic heterocycles. The van der Waals surface area contributed by atoms with Crippen molar-refractivity contribution in [2.24, 2.45) is 11.3 Å². The van der Waals surface area contributed by atoms with Gasteiger partial charge in [-0.05, 0) is 24.2 Å². The quantitative estimate of drug-likeness (QED) is 0.828. The Morgan fingerprint density at radius 2 is 2.05 bits per heavy atom. The maximum absolute atomic E-state index is 12.7. The fraction of sp³-hybridized carbons (Fsp3) is 0.750. The SMILES string of the molecule is CC(C)(C)C1CCN(C(=O)C2Cc3nc[nH]c3CN2)CC1. The van der Waals surface area contributed by atoms with E-state index in [0.29, 0.717) is 18.4 Å². The van der Waals surface area contributed by atoms with Gasteiger partial charge in [-0.25, -0.2) is 4.98 Å². The molecule has 116 valence electrons. The molecule has 1 saturated heterocycles. The zero-order valence-electron chi connectivity index (χ0n) is 13.3. The Hall–Kier alpha value is -1.36.